The summed E-state index contributed by atoms with van der Waals surface area (Å²) in [6.07, 6.45) is 2.73. The molecule has 0 radical (unpaired) electrons. The number of β-amino-alcohol motifs (C(OH)–C–C–N with tert-alkyl or cyclic N) is 1. The number of piperidine rings is 1. The Hall–Kier alpha value is -0.320. The highest BCUT2D eigenvalue weighted by molar-refractivity contribution is 6.42. The van der Waals surface area contributed by atoms with Crippen LogP contribution in [0.5, 0.6) is 0 Å². The van der Waals surface area contributed by atoms with E-state index in [0.717, 1.165) is 24.8 Å². The zero-order valence-electron chi connectivity index (χ0n) is 11.4. The number of benzene rings is 1. The van der Waals surface area contributed by atoms with Crippen LogP contribution in [0.1, 0.15) is 24.8 Å². The van der Waals surface area contributed by atoms with Crippen LogP contribution in [-0.4, -0.2) is 47.0 Å². The summed E-state index contributed by atoms with van der Waals surface area (Å²) in [5.74, 6) is 0. The Morgan fingerprint density at radius 2 is 2.10 bits per heavy atom. The number of aliphatic hydroxyl groups excluding tert-OH is 1. The lowest BCUT2D eigenvalue weighted by Gasteiger charge is -2.50. The van der Waals surface area contributed by atoms with Crippen molar-refractivity contribution < 1.29 is 10.2 Å². The van der Waals surface area contributed by atoms with Gasteiger partial charge in [-0.15, -0.1) is 0 Å². The summed E-state index contributed by atoms with van der Waals surface area (Å²) < 4.78 is 0. The van der Waals surface area contributed by atoms with Crippen molar-refractivity contribution in [3.05, 3.63) is 33.8 Å². The van der Waals surface area contributed by atoms with Crippen LogP contribution in [-0.2, 0) is 5.41 Å². The van der Waals surface area contributed by atoms with Gasteiger partial charge in [-0.05, 0) is 44.0 Å². The topological polar surface area (TPSA) is 43.7 Å². The quantitative estimate of drug-likeness (QED) is 0.881. The molecule has 0 aromatic heterocycles. The monoisotopic (exact) mass is 315 g/mol. The highest BCUT2D eigenvalue weighted by Crippen LogP contribution is 2.53. The van der Waals surface area contributed by atoms with Crippen LogP contribution in [0.25, 0.3) is 0 Å². The molecule has 3 rings (SSSR count). The molecular weight excluding hydrogens is 297 g/mol. The number of hydrogen-bond acceptors (Lipinski definition) is 3. The molecule has 110 valence electrons. The van der Waals surface area contributed by atoms with Gasteiger partial charge in [-0.1, -0.05) is 29.3 Å². The number of aliphatic hydroxyl groups is 2. The minimum absolute atomic E-state index is 0.246. The smallest absolute Gasteiger partial charge is 0.110 e. The molecule has 0 amide bonds. The lowest BCUT2D eigenvalue weighted by Crippen LogP contribution is -2.63. The third-order valence-corrected chi connectivity index (χ3v) is 5.99. The first kappa shape index (κ1) is 14.6. The molecule has 1 heterocycles. The Bertz CT molecular complexity index is 539. The number of nitrogens with zero attached hydrogens (tertiary/aromatic N) is 1. The fourth-order valence-electron chi connectivity index (χ4n) is 4.04. The van der Waals surface area contributed by atoms with Crippen molar-refractivity contribution in [2.24, 2.45) is 0 Å². The molecule has 3 nitrogen and oxygen atoms in total. The summed E-state index contributed by atoms with van der Waals surface area (Å²) in [5.41, 5.74) is -0.571. The van der Waals surface area contributed by atoms with E-state index >= 15 is 0 Å². The average Bonchev–Trinajstić information content (AvgIpc) is 2.84. The summed E-state index contributed by atoms with van der Waals surface area (Å²) in [6, 6.07) is 6.01. The van der Waals surface area contributed by atoms with Gasteiger partial charge < -0.3 is 15.1 Å². The Balaban J connectivity index is 2.10. The first-order valence-corrected chi connectivity index (χ1v) is 7.66. The van der Waals surface area contributed by atoms with Gasteiger partial charge >= 0.3 is 0 Å². The van der Waals surface area contributed by atoms with Crippen molar-refractivity contribution in [1.29, 1.82) is 0 Å². The van der Waals surface area contributed by atoms with Gasteiger partial charge in [0.1, 0.15) is 5.60 Å². The Kier molecular flexibility index (Phi) is 3.55. The zero-order valence-corrected chi connectivity index (χ0v) is 13.0. The number of halogens is 2. The molecule has 2 bridgehead atoms. The van der Waals surface area contributed by atoms with Gasteiger partial charge in [0.2, 0.25) is 0 Å². The second-order valence-corrected chi connectivity index (χ2v) is 7.03. The van der Waals surface area contributed by atoms with E-state index in [0.29, 0.717) is 22.6 Å². The molecule has 0 spiro atoms. The molecule has 2 aliphatic rings. The van der Waals surface area contributed by atoms with Gasteiger partial charge in [0.05, 0.1) is 16.7 Å². The largest absolute Gasteiger partial charge is 0.393 e. The van der Waals surface area contributed by atoms with Crippen molar-refractivity contribution >= 4 is 23.2 Å². The zero-order chi connectivity index (χ0) is 14.5. The van der Waals surface area contributed by atoms with Gasteiger partial charge in [0.15, 0.2) is 0 Å². The molecule has 1 saturated heterocycles. The molecule has 0 unspecified atom stereocenters. The molecule has 3 atom stereocenters. The predicted octanol–water partition coefficient (Wildman–Crippen LogP) is 2.45. The molecule has 2 N–H and O–H groups in total. The minimum atomic E-state index is -1.13. The molecule has 5 heteroatoms. The van der Waals surface area contributed by atoms with Crippen molar-refractivity contribution in [3.63, 3.8) is 0 Å². The van der Waals surface area contributed by atoms with E-state index < -0.39 is 11.0 Å². The standard InChI is InChI=1S/C15H19Cl2NO2/c1-18-8-15(20,9-19)14(5-4-11(18)7-14)10-2-3-12(16)13(17)6-10/h2-3,6,11,19-20H,4-5,7-9H2,1H3/t11-,14+,15-/m0/s1. The van der Waals surface area contributed by atoms with Gasteiger partial charge in [-0.2, -0.15) is 0 Å². The number of hydrogen-bond donors (Lipinski definition) is 2. The van der Waals surface area contributed by atoms with Crippen molar-refractivity contribution in [2.45, 2.75) is 36.3 Å². The van der Waals surface area contributed by atoms with E-state index in [4.69, 9.17) is 23.2 Å². The fraction of sp³-hybridized carbons (Fsp3) is 0.600. The lowest BCUT2D eigenvalue weighted by atomic mass is 9.64. The summed E-state index contributed by atoms with van der Waals surface area (Å²) >= 11 is 12.1. The second kappa shape index (κ2) is 4.85. The highest BCUT2D eigenvalue weighted by atomic mass is 35.5. The highest BCUT2D eigenvalue weighted by Gasteiger charge is 2.59. The SMILES string of the molecule is CN1C[C@](O)(CO)[C@]2(c3ccc(Cl)c(Cl)c3)CC[C@H]1C2. The van der Waals surface area contributed by atoms with E-state index in [-0.39, 0.29) is 6.61 Å². The molecule has 2 fully saturated rings. The first-order valence-electron chi connectivity index (χ1n) is 6.91. The van der Waals surface area contributed by atoms with Gasteiger partial charge in [-0.25, -0.2) is 0 Å². The van der Waals surface area contributed by atoms with Gasteiger partial charge in [0, 0.05) is 18.0 Å². The molecule has 1 aliphatic carbocycles. The van der Waals surface area contributed by atoms with Crippen molar-refractivity contribution in [1.82, 2.24) is 4.90 Å². The molecule has 1 aromatic rings. The maximum absolute atomic E-state index is 11.0. The van der Waals surface area contributed by atoms with Crippen molar-refractivity contribution in [2.75, 3.05) is 20.2 Å². The summed E-state index contributed by atoms with van der Waals surface area (Å²) in [4.78, 5) is 2.15. The van der Waals surface area contributed by atoms with Crippen LogP contribution < -0.4 is 0 Å². The molecule has 1 aliphatic heterocycles. The van der Waals surface area contributed by atoms with E-state index in [1.54, 1.807) is 6.07 Å². The normalized spacial score (nSPS) is 37.4. The van der Waals surface area contributed by atoms with Gasteiger partial charge in [-0.3, -0.25) is 0 Å². The maximum atomic E-state index is 11.0. The van der Waals surface area contributed by atoms with E-state index in [1.807, 2.05) is 19.2 Å². The Morgan fingerprint density at radius 3 is 2.75 bits per heavy atom. The fourth-order valence-corrected chi connectivity index (χ4v) is 4.34. The van der Waals surface area contributed by atoms with Crippen LogP contribution >= 0.6 is 23.2 Å². The van der Waals surface area contributed by atoms with Crippen LogP contribution in [0.2, 0.25) is 10.0 Å². The predicted molar refractivity (Wildman–Crippen MR) is 80.4 cm³/mol. The van der Waals surface area contributed by atoms with Crippen molar-refractivity contribution in [3.8, 4) is 0 Å². The maximum Gasteiger partial charge on any atom is 0.110 e. The summed E-state index contributed by atoms with van der Waals surface area (Å²) in [5, 5.41) is 21.9. The molecule has 1 aromatic carbocycles. The van der Waals surface area contributed by atoms with E-state index in [9.17, 15) is 10.2 Å². The Morgan fingerprint density at radius 1 is 1.35 bits per heavy atom. The lowest BCUT2D eigenvalue weighted by molar-refractivity contribution is -0.116. The third-order valence-electron chi connectivity index (χ3n) is 5.25. The van der Waals surface area contributed by atoms with Gasteiger partial charge in [0.25, 0.3) is 0 Å². The summed E-state index contributed by atoms with van der Waals surface area (Å²) in [6.45, 7) is 0.235. The second-order valence-electron chi connectivity index (χ2n) is 6.21. The molecule has 20 heavy (non-hydrogen) atoms. The van der Waals surface area contributed by atoms with Crippen LogP contribution in [0.15, 0.2) is 18.2 Å². The summed E-state index contributed by atoms with van der Waals surface area (Å²) in [7, 11) is 2.01. The number of likely N-dealkylation sites (N-methyl/N-ethyl adjacent to an activating group) is 1. The van der Waals surface area contributed by atoms with Crippen LogP contribution in [0.4, 0.5) is 0 Å². The molecular formula is C15H19Cl2NO2. The third kappa shape index (κ3) is 1.92. The average molecular weight is 316 g/mol. The van der Waals surface area contributed by atoms with Crippen LogP contribution in [0, 0.1) is 0 Å². The Labute approximate surface area is 129 Å². The first-order chi connectivity index (χ1) is 9.42. The van der Waals surface area contributed by atoms with E-state index in [2.05, 4.69) is 4.90 Å². The number of likely N-dealkylation sites (tertiary alicyclic amines) is 1. The minimum Gasteiger partial charge on any atom is -0.393 e. The number of rotatable bonds is 2. The number of fused-ring (bicyclic) bond motifs is 2. The van der Waals surface area contributed by atoms with Crippen LogP contribution in [0.3, 0.4) is 0 Å². The molecule has 1 saturated carbocycles. The van der Waals surface area contributed by atoms with E-state index in [1.165, 1.54) is 0 Å².